The highest BCUT2D eigenvalue weighted by Crippen LogP contribution is 2.32. The highest BCUT2D eigenvalue weighted by molar-refractivity contribution is 5.94. The van der Waals surface area contributed by atoms with Crippen molar-refractivity contribution in [2.24, 2.45) is 0 Å². The number of alkyl halides is 3. The van der Waals surface area contributed by atoms with Gasteiger partial charge in [-0.2, -0.15) is 13.2 Å². The molecule has 1 unspecified atom stereocenters. The van der Waals surface area contributed by atoms with Gasteiger partial charge in [-0.3, -0.25) is 0 Å². The molecule has 0 aliphatic heterocycles. The van der Waals surface area contributed by atoms with Crippen LogP contribution in [-0.2, 0) is 6.18 Å². The van der Waals surface area contributed by atoms with Crippen molar-refractivity contribution in [2.75, 3.05) is 26.0 Å². The van der Waals surface area contributed by atoms with Crippen molar-refractivity contribution < 1.29 is 23.1 Å². The minimum Gasteiger partial charge on any atom is -0.478 e. The Balaban J connectivity index is 2.94. The lowest BCUT2D eigenvalue weighted by Crippen LogP contribution is -2.24. The fraction of sp³-hybridized carbons (Fsp3) is 0.500. The summed E-state index contributed by atoms with van der Waals surface area (Å²) >= 11 is 0. The Labute approximate surface area is 121 Å². The average molecular weight is 304 g/mol. The largest absolute Gasteiger partial charge is 0.478 e. The molecule has 7 heteroatoms. The lowest BCUT2D eigenvalue weighted by atomic mass is 10.1. The van der Waals surface area contributed by atoms with Gasteiger partial charge in [0.25, 0.3) is 0 Å². The molecule has 1 aromatic carbocycles. The van der Waals surface area contributed by atoms with Gasteiger partial charge in [0.05, 0.1) is 11.1 Å². The van der Waals surface area contributed by atoms with Crippen molar-refractivity contribution in [2.45, 2.75) is 25.6 Å². The molecule has 0 aliphatic rings. The third-order valence-electron chi connectivity index (χ3n) is 2.99. The number of carboxylic acids is 1. The first-order valence-electron chi connectivity index (χ1n) is 6.47. The number of rotatable bonds is 6. The van der Waals surface area contributed by atoms with Crippen LogP contribution in [-0.4, -0.2) is 42.7 Å². The predicted octanol–water partition coefficient (Wildman–Crippen LogP) is 3.16. The van der Waals surface area contributed by atoms with Crippen molar-refractivity contribution in [1.82, 2.24) is 4.90 Å². The lowest BCUT2D eigenvalue weighted by molar-refractivity contribution is -0.137. The molecule has 0 saturated carbocycles. The van der Waals surface area contributed by atoms with E-state index in [1.165, 1.54) is 6.07 Å². The average Bonchev–Trinajstić information content (AvgIpc) is 2.35. The van der Waals surface area contributed by atoms with Crippen LogP contribution in [0.15, 0.2) is 18.2 Å². The Bertz CT molecular complexity index is 501. The predicted molar refractivity (Wildman–Crippen MR) is 74.7 cm³/mol. The lowest BCUT2D eigenvalue weighted by Gasteiger charge is -2.19. The van der Waals surface area contributed by atoms with E-state index in [1.54, 1.807) is 0 Å². The van der Waals surface area contributed by atoms with E-state index in [0.29, 0.717) is 6.07 Å². The van der Waals surface area contributed by atoms with Crippen LogP contribution in [0.3, 0.4) is 0 Å². The Morgan fingerprint density at radius 3 is 2.48 bits per heavy atom. The van der Waals surface area contributed by atoms with E-state index in [2.05, 4.69) is 5.32 Å². The van der Waals surface area contributed by atoms with Gasteiger partial charge in [0.2, 0.25) is 0 Å². The zero-order valence-corrected chi connectivity index (χ0v) is 12.2. The fourth-order valence-corrected chi connectivity index (χ4v) is 1.81. The maximum absolute atomic E-state index is 12.6. The minimum atomic E-state index is -4.56. The maximum atomic E-state index is 12.6. The zero-order chi connectivity index (χ0) is 16.2. The molecule has 0 heterocycles. The second kappa shape index (κ2) is 6.80. The van der Waals surface area contributed by atoms with Crippen LogP contribution in [0.2, 0.25) is 0 Å². The van der Waals surface area contributed by atoms with Crippen molar-refractivity contribution in [3.05, 3.63) is 29.3 Å². The molecule has 0 saturated heterocycles. The van der Waals surface area contributed by atoms with Crippen LogP contribution in [0.5, 0.6) is 0 Å². The molecule has 0 aromatic heterocycles. The molecule has 1 rings (SSSR count). The summed E-state index contributed by atoms with van der Waals surface area (Å²) in [4.78, 5) is 13.1. The Hall–Kier alpha value is -1.76. The number of anilines is 1. The van der Waals surface area contributed by atoms with Crippen LogP contribution in [0.1, 0.15) is 29.3 Å². The van der Waals surface area contributed by atoms with Crippen molar-refractivity contribution in [3.63, 3.8) is 0 Å². The molecule has 1 aromatic rings. The first-order chi connectivity index (χ1) is 9.61. The van der Waals surface area contributed by atoms with Crippen LogP contribution in [0, 0.1) is 0 Å². The second-order valence-corrected chi connectivity index (χ2v) is 5.20. The van der Waals surface area contributed by atoms with Crippen LogP contribution >= 0.6 is 0 Å². The smallest absolute Gasteiger partial charge is 0.416 e. The van der Waals surface area contributed by atoms with Crippen LogP contribution in [0.4, 0.5) is 18.9 Å². The molecular formula is C14H19F3N2O2. The van der Waals surface area contributed by atoms with Gasteiger partial charge in [-0.05, 0) is 52.2 Å². The highest BCUT2D eigenvalue weighted by atomic mass is 19.4. The summed E-state index contributed by atoms with van der Waals surface area (Å²) in [5.74, 6) is -1.39. The number of hydrogen-bond donors (Lipinski definition) is 2. The first-order valence-corrected chi connectivity index (χ1v) is 6.47. The first kappa shape index (κ1) is 17.3. The van der Waals surface area contributed by atoms with Gasteiger partial charge in [0.15, 0.2) is 0 Å². The second-order valence-electron chi connectivity index (χ2n) is 5.20. The Kier molecular flexibility index (Phi) is 5.60. The van der Waals surface area contributed by atoms with Crippen molar-refractivity contribution in [1.29, 1.82) is 0 Å². The minimum absolute atomic E-state index is 0.0535. The van der Waals surface area contributed by atoms with Gasteiger partial charge >= 0.3 is 12.1 Å². The molecule has 0 radical (unpaired) electrons. The SMILES string of the molecule is CC(CCN(C)C)Nc1ccc(C(F)(F)F)cc1C(=O)O. The van der Waals surface area contributed by atoms with E-state index >= 15 is 0 Å². The molecule has 0 amide bonds. The number of hydrogen-bond acceptors (Lipinski definition) is 3. The zero-order valence-electron chi connectivity index (χ0n) is 12.2. The van der Waals surface area contributed by atoms with E-state index in [1.807, 2.05) is 25.9 Å². The maximum Gasteiger partial charge on any atom is 0.416 e. The number of nitrogens with zero attached hydrogens (tertiary/aromatic N) is 1. The molecule has 2 N–H and O–H groups in total. The molecular weight excluding hydrogens is 285 g/mol. The van der Waals surface area contributed by atoms with Gasteiger partial charge < -0.3 is 15.3 Å². The summed E-state index contributed by atoms with van der Waals surface area (Å²) in [7, 11) is 3.82. The summed E-state index contributed by atoms with van der Waals surface area (Å²) < 4.78 is 37.8. The standard InChI is InChI=1S/C14H19F3N2O2/c1-9(6-7-19(2)3)18-12-5-4-10(14(15,16)17)8-11(12)13(20)21/h4-5,8-9,18H,6-7H2,1-3H3,(H,20,21). The van der Waals surface area contributed by atoms with Gasteiger partial charge in [0, 0.05) is 11.7 Å². The fourth-order valence-electron chi connectivity index (χ4n) is 1.81. The van der Waals surface area contributed by atoms with Crippen LogP contribution in [0.25, 0.3) is 0 Å². The van der Waals surface area contributed by atoms with Gasteiger partial charge in [-0.15, -0.1) is 0 Å². The number of benzene rings is 1. The van der Waals surface area contributed by atoms with E-state index in [4.69, 9.17) is 5.11 Å². The van der Waals surface area contributed by atoms with Gasteiger partial charge in [0.1, 0.15) is 0 Å². The van der Waals surface area contributed by atoms with Gasteiger partial charge in [-0.1, -0.05) is 0 Å². The molecule has 0 spiro atoms. The highest BCUT2D eigenvalue weighted by Gasteiger charge is 2.31. The van der Waals surface area contributed by atoms with Gasteiger partial charge in [-0.25, -0.2) is 4.79 Å². The number of aromatic carboxylic acids is 1. The third-order valence-corrected chi connectivity index (χ3v) is 2.99. The topological polar surface area (TPSA) is 52.6 Å². The van der Waals surface area contributed by atoms with Crippen molar-refractivity contribution >= 4 is 11.7 Å². The molecule has 0 bridgehead atoms. The normalized spacial score (nSPS) is 13.3. The van der Waals surface area contributed by atoms with Crippen molar-refractivity contribution in [3.8, 4) is 0 Å². The summed E-state index contributed by atoms with van der Waals surface area (Å²) in [5, 5.41) is 12.0. The number of carbonyl (C=O) groups is 1. The molecule has 0 fully saturated rings. The number of nitrogens with one attached hydrogen (secondary N) is 1. The summed E-state index contributed by atoms with van der Waals surface area (Å²) in [5.41, 5.74) is -1.14. The molecule has 4 nitrogen and oxygen atoms in total. The molecule has 21 heavy (non-hydrogen) atoms. The summed E-state index contributed by atoms with van der Waals surface area (Å²) in [6.45, 7) is 2.64. The van der Waals surface area contributed by atoms with E-state index < -0.39 is 17.7 Å². The Morgan fingerprint density at radius 1 is 1.38 bits per heavy atom. The van der Waals surface area contributed by atoms with Crippen LogP contribution < -0.4 is 5.32 Å². The van der Waals surface area contributed by atoms with E-state index in [9.17, 15) is 18.0 Å². The van der Waals surface area contributed by atoms with E-state index in [0.717, 1.165) is 19.0 Å². The molecule has 1 atom stereocenters. The Morgan fingerprint density at radius 2 is 2.00 bits per heavy atom. The molecule has 118 valence electrons. The summed E-state index contributed by atoms with van der Waals surface area (Å²) in [6, 6.07) is 2.65. The number of carboxylic acid groups (broad SMARTS) is 1. The quantitative estimate of drug-likeness (QED) is 0.847. The monoisotopic (exact) mass is 304 g/mol. The van der Waals surface area contributed by atoms with E-state index in [-0.39, 0.29) is 17.3 Å². The number of halogens is 3. The third kappa shape index (κ3) is 5.26. The summed E-state index contributed by atoms with van der Waals surface area (Å²) in [6.07, 6.45) is -3.81. The molecule has 0 aliphatic carbocycles.